The Morgan fingerprint density at radius 2 is 1.85 bits per heavy atom. The summed E-state index contributed by atoms with van der Waals surface area (Å²) in [7, 11) is -0.987. The third-order valence-corrected chi connectivity index (χ3v) is 9.25. The SMILES string of the molecule is NCC1OB(O)c2cc(OCCCN3CCN(c4cc5c(cc4F)c(=O)c(C(=O)OCc4ccccc4)cn5C4CC4)CC3)ccc21. The summed E-state index contributed by atoms with van der Waals surface area (Å²) in [6, 6.07) is 18.1. The fourth-order valence-corrected chi connectivity index (χ4v) is 6.53. The van der Waals surface area contributed by atoms with Crippen molar-refractivity contribution in [2.45, 2.75) is 38.0 Å². The number of esters is 1. The topological polar surface area (TPSA) is 119 Å². The molecule has 12 heteroatoms. The maximum Gasteiger partial charge on any atom is 0.492 e. The molecule has 4 aromatic rings. The number of anilines is 1. The highest BCUT2D eigenvalue weighted by molar-refractivity contribution is 6.61. The van der Waals surface area contributed by atoms with E-state index in [9.17, 15) is 14.6 Å². The fraction of sp³-hybridized carbons (Fsp3) is 0.371. The number of halogens is 1. The van der Waals surface area contributed by atoms with Crippen LogP contribution < -0.4 is 26.3 Å². The Hall–Kier alpha value is -4.23. The number of hydrogen-bond donors (Lipinski definition) is 2. The van der Waals surface area contributed by atoms with Crippen molar-refractivity contribution >= 4 is 35.1 Å². The van der Waals surface area contributed by atoms with Crippen LogP contribution >= 0.6 is 0 Å². The van der Waals surface area contributed by atoms with Crippen molar-refractivity contribution in [3.05, 3.63) is 99.6 Å². The van der Waals surface area contributed by atoms with E-state index in [1.165, 1.54) is 6.07 Å². The van der Waals surface area contributed by atoms with Gasteiger partial charge in [-0.2, -0.15) is 0 Å². The van der Waals surface area contributed by atoms with Crippen molar-refractivity contribution in [2.24, 2.45) is 5.73 Å². The minimum absolute atomic E-state index is 0.0539. The maximum absolute atomic E-state index is 15.6. The summed E-state index contributed by atoms with van der Waals surface area (Å²) in [5, 5.41) is 10.3. The van der Waals surface area contributed by atoms with Gasteiger partial charge < -0.3 is 34.4 Å². The van der Waals surface area contributed by atoms with Gasteiger partial charge in [0.15, 0.2) is 0 Å². The number of nitrogens with two attached hydrogens (primary N) is 1. The van der Waals surface area contributed by atoms with E-state index in [0.29, 0.717) is 48.7 Å². The highest BCUT2D eigenvalue weighted by atomic mass is 19.1. The van der Waals surface area contributed by atoms with Crippen LogP contribution in [0.15, 0.2) is 71.7 Å². The van der Waals surface area contributed by atoms with E-state index in [1.807, 2.05) is 58.0 Å². The number of carbonyl (C=O) groups is 1. The molecule has 1 saturated carbocycles. The maximum atomic E-state index is 15.6. The number of fused-ring (bicyclic) bond motifs is 2. The number of carbonyl (C=O) groups excluding carboxylic acids is 1. The molecule has 0 bridgehead atoms. The second-order valence-corrected chi connectivity index (χ2v) is 12.4. The van der Waals surface area contributed by atoms with E-state index in [0.717, 1.165) is 50.0 Å². The minimum Gasteiger partial charge on any atom is -0.494 e. The van der Waals surface area contributed by atoms with Gasteiger partial charge in [0.25, 0.3) is 0 Å². The lowest BCUT2D eigenvalue weighted by Crippen LogP contribution is -2.47. The molecule has 2 aliphatic heterocycles. The van der Waals surface area contributed by atoms with Crippen LogP contribution in [0.3, 0.4) is 0 Å². The molecule has 1 saturated heterocycles. The number of hydrogen-bond acceptors (Lipinski definition) is 9. The van der Waals surface area contributed by atoms with Gasteiger partial charge in [-0.15, -0.1) is 0 Å². The van der Waals surface area contributed by atoms with Gasteiger partial charge in [-0.25, -0.2) is 9.18 Å². The van der Waals surface area contributed by atoms with Gasteiger partial charge in [0.2, 0.25) is 5.43 Å². The van der Waals surface area contributed by atoms with Gasteiger partial charge in [-0.1, -0.05) is 36.4 Å². The molecule has 1 unspecified atom stereocenters. The highest BCUT2D eigenvalue weighted by Gasteiger charge is 2.34. The minimum atomic E-state index is -0.987. The van der Waals surface area contributed by atoms with Crippen molar-refractivity contribution in [1.29, 1.82) is 0 Å². The number of piperazine rings is 1. The summed E-state index contributed by atoms with van der Waals surface area (Å²) in [4.78, 5) is 30.8. The Labute approximate surface area is 272 Å². The van der Waals surface area contributed by atoms with E-state index in [-0.39, 0.29) is 29.7 Å². The van der Waals surface area contributed by atoms with Gasteiger partial charge >= 0.3 is 13.1 Å². The lowest BCUT2D eigenvalue weighted by atomic mass is 9.79. The van der Waals surface area contributed by atoms with Gasteiger partial charge in [0.05, 0.1) is 23.9 Å². The van der Waals surface area contributed by atoms with Crippen LogP contribution in [0.4, 0.5) is 10.1 Å². The Morgan fingerprint density at radius 1 is 1.06 bits per heavy atom. The Balaban J connectivity index is 0.973. The summed E-state index contributed by atoms with van der Waals surface area (Å²) in [5.41, 5.74) is 8.66. The van der Waals surface area contributed by atoms with Crippen LogP contribution in [0, 0.1) is 5.82 Å². The predicted octanol–water partition coefficient (Wildman–Crippen LogP) is 3.14. The summed E-state index contributed by atoms with van der Waals surface area (Å²) >= 11 is 0. The standard InChI is InChI=1S/C35H38BFN4O6/c37-30-18-27-31(41(24-7-8-24)21-28(34(27)42)35(43)46-22-23-5-2-1-3-6-23)19-32(30)40-14-12-39(13-15-40)11-4-16-45-25-9-10-26-29(17-25)36(44)47-33(26)20-38/h1-3,5-6,9-10,17-19,21,24,33,44H,4,7-8,11-16,20,22,38H2. The molecule has 1 atom stereocenters. The summed E-state index contributed by atoms with van der Waals surface area (Å²) in [5.74, 6) is -0.500. The molecule has 3 aromatic carbocycles. The molecular formula is C35H38BFN4O6. The third-order valence-electron chi connectivity index (χ3n) is 9.25. The third kappa shape index (κ3) is 6.64. The molecule has 2 fully saturated rings. The first-order chi connectivity index (χ1) is 22.9. The van der Waals surface area contributed by atoms with Crippen LogP contribution in [-0.4, -0.2) is 73.5 Å². The van der Waals surface area contributed by atoms with Crippen molar-refractivity contribution in [3.8, 4) is 5.75 Å². The van der Waals surface area contributed by atoms with Gasteiger partial charge in [0.1, 0.15) is 23.7 Å². The second-order valence-electron chi connectivity index (χ2n) is 12.4. The normalized spacial score (nSPS) is 18.1. The van der Waals surface area contributed by atoms with Crippen LogP contribution in [0.5, 0.6) is 5.75 Å². The largest absolute Gasteiger partial charge is 0.494 e. The van der Waals surface area contributed by atoms with Crippen LogP contribution in [-0.2, 0) is 16.0 Å². The first-order valence-corrected chi connectivity index (χ1v) is 16.3. The molecule has 1 aliphatic carbocycles. The van der Waals surface area contributed by atoms with Gasteiger partial charge in [0, 0.05) is 56.9 Å². The van der Waals surface area contributed by atoms with Gasteiger partial charge in [-0.3, -0.25) is 9.69 Å². The summed E-state index contributed by atoms with van der Waals surface area (Å²) in [6.07, 6.45) is 3.97. The second kappa shape index (κ2) is 13.5. The number of nitrogens with zero attached hydrogens (tertiary/aromatic N) is 3. The molecule has 1 aromatic heterocycles. The lowest BCUT2D eigenvalue weighted by molar-refractivity contribution is 0.0470. The van der Waals surface area contributed by atoms with Crippen molar-refractivity contribution in [1.82, 2.24) is 9.47 Å². The predicted molar refractivity (Wildman–Crippen MR) is 178 cm³/mol. The van der Waals surface area contributed by atoms with Gasteiger partial charge in [-0.05, 0) is 60.1 Å². The van der Waals surface area contributed by atoms with Crippen LogP contribution in [0.25, 0.3) is 10.9 Å². The van der Waals surface area contributed by atoms with E-state index in [1.54, 1.807) is 12.3 Å². The molecule has 3 aliphatic rings. The first kappa shape index (κ1) is 31.4. The monoisotopic (exact) mass is 640 g/mol. The molecule has 3 heterocycles. The zero-order valence-corrected chi connectivity index (χ0v) is 26.1. The van der Waals surface area contributed by atoms with Crippen LogP contribution in [0.2, 0.25) is 0 Å². The molecular weight excluding hydrogens is 602 g/mol. The Bertz CT molecular complexity index is 1830. The van der Waals surface area contributed by atoms with E-state index < -0.39 is 24.3 Å². The molecule has 0 radical (unpaired) electrons. The first-order valence-electron chi connectivity index (χ1n) is 16.3. The molecule has 10 nitrogen and oxygen atoms in total. The fourth-order valence-electron chi connectivity index (χ4n) is 6.53. The molecule has 244 valence electrons. The molecule has 7 rings (SSSR count). The number of aromatic nitrogens is 1. The average Bonchev–Trinajstić information content (AvgIpc) is 3.89. The molecule has 0 spiro atoms. The van der Waals surface area contributed by atoms with Crippen molar-refractivity contribution < 1.29 is 28.3 Å². The Morgan fingerprint density at radius 3 is 2.60 bits per heavy atom. The zero-order chi connectivity index (χ0) is 32.5. The lowest BCUT2D eigenvalue weighted by Gasteiger charge is -2.36. The molecule has 3 N–H and O–H groups in total. The average molecular weight is 641 g/mol. The van der Waals surface area contributed by atoms with Crippen molar-refractivity contribution in [3.63, 3.8) is 0 Å². The van der Waals surface area contributed by atoms with Crippen LogP contribution in [0.1, 0.15) is 52.9 Å². The van der Waals surface area contributed by atoms with Crippen molar-refractivity contribution in [2.75, 3.05) is 50.8 Å². The quantitative estimate of drug-likeness (QED) is 0.145. The number of pyridine rings is 1. The van der Waals surface area contributed by atoms with E-state index in [4.69, 9.17) is 19.9 Å². The molecule has 47 heavy (non-hydrogen) atoms. The number of benzene rings is 3. The van der Waals surface area contributed by atoms with E-state index in [2.05, 4.69) is 4.90 Å². The Kier molecular flexibility index (Phi) is 9.00. The highest BCUT2D eigenvalue weighted by Crippen LogP contribution is 2.38. The number of ether oxygens (including phenoxy) is 2. The summed E-state index contributed by atoms with van der Waals surface area (Å²) in [6.45, 7) is 4.54. The molecule has 0 amide bonds. The smallest absolute Gasteiger partial charge is 0.492 e. The summed E-state index contributed by atoms with van der Waals surface area (Å²) < 4.78 is 34.5. The number of rotatable bonds is 11. The zero-order valence-electron chi connectivity index (χ0n) is 26.1. The van der Waals surface area contributed by atoms with E-state index >= 15 is 4.39 Å².